The van der Waals surface area contributed by atoms with Crippen LogP contribution in [0.4, 0.5) is 0 Å². The molecule has 20 heavy (non-hydrogen) atoms. The molecule has 2 fully saturated rings. The van der Waals surface area contributed by atoms with Crippen molar-refractivity contribution in [1.82, 2.24) is 4.31 Å². The number of hydrogen-bond donors (Lipinski definition) is 0. The molecule has 0 aromatic carbocycles. The summed E-state index contributed by atoms with van der Waals surface area (Å²) < 4.78 is 38.5. The van der Waals surface area contributed by atoms with Gasteiger partial charge in [0.1, 0.15) is 4.21 Å². The van der Waals surface area contributed by atoms with E-state index in [2.05, 4.69) is 0 Å². The van der Waals surface area contributed by atoms with E-state index in [0.717, 1.165) is 11.3 Å². The quantitative estimate of drug-likeness (QED) is 0.837. The Morgan fingerprint density at radius 2 is 1.85 bits per heavy atom. The zero-order valence-corrected chi connectivity index (χ0v) is 13.1. The van der Waals surface area contributed by atoms with Crippen molar-refractivity contribution in [3.05, 3.63) is 17.0 Å². The predicted molar refractivity (Wildman–Crippen MR) is 76.3 cm³/mol. The van der Waals surface area contributed by atoms with Crippen LogP contribution >= 0.6 is 11.3 Å². The molecule has 1 aromatic heterocycles. The Balaban J connectivity index is 1.71. The smallest absolute Gasteiger partial charge is 0.252 e. The summed E-state index contributed by atoms with van der Waals surface area (Å²) in [5, 5.41) is 0. The minimum Gasteiger partial charge on any atom is -0.350 e. The third-order valence-corrected chi connectivity index (χ3v) is 7.18. The Morgan fingerprint density at radius 3 is 2.40 bits per heavy atom. The number of piperidine rings is 1. The van der Waals surface area contributed by atoms with Crippen LogP contribution in [-0.4, -0.2) is 44.8 Å². The van der Waals surface area contributed by atoms with Crippen molar-refractivity contribution in [3.8, 4) is 0 Å². The van der Waals surface area contributed by atoms with Crippen molar-refractivity contribution in [3.63, 3.8) is 0 Å². The lowest BCUT2D eigenvalue weighted by molar-refractivity contribution is -0.280. The average Bonchev–Trinajstić information content (AvgIpc) is 2.88. The van der Waals surface area contributed by atoms with Crippen LogP contribution in [0.15, 0.2) is 16.3 Å². The summed E-state index contributed by atoms with van der Waals surface area (Å²) in [5.74, 6) is -0.546. The van der Waals surface area contributed by atoms with Gasteiger partial charge in [-0.2, -0.15) is 4.31 Å². The van der Waals surface area contributed by atoms with Gasteiger partial charge in [-0.25, -0.2) is 8.42 Å². The molecule has 0 saturated carbocycles. The molecular formula is C13H19NO4S2. The van der Waals surface area contributed by atoms with Gasteiger partial charge in [-0.15, -0.1) is 11.3 Å². The van der Waals surface area contributed by atoms with E-state index in [1.54, 1.807) is 10.4 Å². The molecule has 0 unspecified atom stereocenters. The van der Waals surface area contributed by atoms with Gasteiger partial charge in [-0.05, 0) is 25.5 Å². The molecule has 3 heterocycles. The lowest BCUT2D eigenvalue weighted by atomic mass is 10.0. The first-order valence-electron chi connectivity index (χ1n) is 6.86. The lowest BCUT2D eigenvalue weighted by Gasteiger charge is -2.42. The maximum atomic E-state index is 12.5. The molecule has 0 radical (unpaired) electrons. The van der Waals surface area contributed by atoms with Crippen LogP contribution < -0.4 is 0 Å². The maximum absolute atomic E-state index is 12.5. The van der Waals surface area contributed by atoms with Crippen LogP contribution in [0.25, 0.3) is 0 Å². The highest BCUT2D eigenvalue weighted by Gasteiger charge is 2.41. The fraction of sp³-hybridized carbons (Fsp3) is 0.692. The van der Waals surface area contributed by atoms with E-state index in [4.69, 9.17) is 9.47 Å². The van der Waals surface area contributed by atoms with Crippen molar-refractivity contribution in [2.45, 2.75) is 36.2 Å². The number of ether oxygens (including phenoxy) is 2. The van der Waals surface area contributed by atoms with Crippen molar-refractivity contribution in [2.24, 2.45) is 0 Å². The second-order valence-electron chi connectivity index (χ2n) is 5.23. The van der Waals surface area contributed by atoms with Gasteiger partial charge in [-0.3, -0.25) is 0 Å². The fourth-order valence-electron chi connectivity index (χ4n) is 2.65. The standard InChI is InChI=1S/C13H19NO4S2/c1-11-3-4-12(19-11)20(15,16)14-7-5-13(6-8-14)17-9-2-10-18-13/h3-4H,2,5-10H2,1H3. The molecule has 0 amide bonds. The van der Waals surface area contributed by atoms with Gasteiger partial charge in [0, 0.05) is 30.8 Å². The number of nitrogens with zero attached hydrogens (tertiary/aromatic N) is 1. The summed E-state index contributed by atoms with van der Waals surface area (Å²) >= 11 is 1.32. The summed E-state index contributed by atoms with van der Waals surface area (Å²) in [6.45, 7) is 4.24. The minimum atomic E-state index is -3.36. The first-order valence-corrected chi connectivity index (χ1v) is 9.12. The SMILES string of the molecule is Cc1ccc(S(=O)(=O)N2CCC3(CC2)OCCCO3)s1. The topological polar surface area (TPSA) is 55.8 Å². The summed E-state index contributed by atoms with van der Waals surface area (Å²) in [7, 11) is -3.36. The van der Waals surface area contributed by atoms with Crippen molar-refractivity contribution in [1.29, 1.82) is 0 Å². The second kappa shape index (κ2) is 5.38. The Labute approximate surface area is 123 Å². The van der Waals surface area contributed by atoms with Crippen LogP contribution in [0.1, 0.15) is 24.1 Å². The Hall–Kier alpha value is -0.470. The molecule has 2 saturated heterocycles. The van der Waals surface area contributed by atoms with Gasteiger partial charge in [0.2, 0.25) is 0 Å². The summed E-state index contributed by atoms with van der Waals surface area (Å²) in [5.41, 5.74) is 0. The summed E-state index contributed by atoms with van der Waals surface area (Å²) in [4.78, 5) is 1.01. The number of sulfonamides is 1. The first-order chi connectivity index (χ1) is 9.52. The number of rotatable bonds is 2. The van der Waals surface area contributed by atoms with E-state index < -0.39 is 15.8 Å². The van der Waals surface area contributed by atoms with E-state index in [1.807, 2.05) is 13.0 Å². The van der Waals surface area contributed by atoms with Gasteiger partial charge >= 0.3 is 0 Å². The average molecular weight is 317 g/mol. The van der Waals surface area contributed by atoms with Gasteiger partial charge in [0.05, 0.1) is 13.2 Å². The number of aryl methyl sites for hydroxylation is 1. The van der Waals surface area contributed by atoms with Gasteiger partial charge in [-0.1, -0.05) is 0 Å². The van der Waals surface area contributed by atoms with E-state index in [-0.39, 0.29) is 0 Å². The first kappa shape index (κ1) is 14.5. The van der Waals surface area contributed by atoms with Gasteiger partial charge < -0.3 is 9.47 Å². The highest BCUT2D eigenvalue weighted by molar-refractivity contribution is 7.91. The second-order valence-corrected chi connectivity index (χ2v) is 8.68. The molecular weight excluding hydrogens is 298 g/mol. The molecule has 2 aliphatic heterocycles. The van der Waals surface area contributed by atoms with E-state index in [1.165, 1.54) is 11.3 Å². The normalized spacial score (nSPS) is 24.1. The lowest BCUT2D eigenvalue weighted by Crippen LogP contribution is -2.51. The molecule has 2 aliphatic rings. The monoisotopic (exact) mass is 317 g/mol. The molecule has 1 aromatic rings. The maximum Gasteiger partial charge on any atom is 0.252 e. The number of hydrogen-bond acceptors (Lipinski definition) is 5. The van der Waals surface area contributed by atoms with Gasteiger partial charge in [0.15, 0.2) is 5.79 Å². The third-order valence-electron chi connectivity index (χ3n) is 3.81. The van der Waals surface area contributed by atoms with Crippen LogP contribution in [0.3, 0.4) is 0 Å². The third kappa shape index (κ3) is 2.65. The molecule has 1 spiro atoms. The zero-order chi connectivity index (χ0) is 14.2. The Bertz CT molecular complexity index is 565. The molecule has 0 N–H and O–H groups in total. The fourth-order valence-corrected chi connectivity index (χ4v) is 5.53. The van der Waals surface area contributed by atoms with E-state index in [9.17, 15) is 8.42 Å². The van der Waals surface area contributed by atoms with Crippen molar-refractivity contribution in [2.75, 3.05) is 26.3 Å². The Kier molecular flexibility index (Phi) is 3.89. The molecule has 5 nitrogen and oxygen atoms in total. The highest BCUT2D eigenvalue weighted by Crippen LogP contribution is 2.34. The van der Waals surface area contributed by atoms with Crippen LogP contribution in [0.5, 0.6) is 0 Å². The summed E-state index contributed by atoms with van der Waals surface area (Å²) in [6.07, 6.45) is 2.13. The molecule has 112 valence electrons. The molecule has 0 atom stereocenters. The predicted octanol–water partition coefficient (Wildman–Crippen LogP) is 1.97. The molecule has 0 aliphatic carbocycles. The Morgan fingerprint density at radius 1 is 1.20 bits per heavy atom. The van der Waals surface area contributed by atoms with Crippen LogP contribution in [-0.2, 0) is 19.5 Å². The van der Waals surface area contributed by atoms with Crippen LogP contribution in [0.2, 0.25) is 0 Å². The zero-order valence-electron chi connectivity index (χ0n) is 11.5. The molecule has 3 rings (SSSR count). The van der Waals surface area contributed by atoms with E-state index in [0.29, 0.717) is 43.4 Å². The van der Waals surface area contributed by atoms with Gasteiger partial charge in [0.25, 0.3) is 10.0 Å². The molecule has 0 bridgehead atoms. The summed E-state index contributed by atoms with van der Waals surface area (Å²) in [6, 6.07) is 3.53. The number of thiophene rings is 1. The van der Waals surface area contributed by atoms with Crippen molar-refractivity contribution >= 4 is 21.4 Å². The van der Waals surface area contributed by atoms with E-state index >= 15 is 0 Å². The van der Waals surface area contributed by atoms with Crippen LogP contribution in [0, 0.1) is 6.92 Å². The highest BCUT2D eigenvalue weighted by atomic mass is 32.2. The van der Waals surface area contributed by atoms with Crippen molar-refractivity contribution < 1.29 is 17.9 Å². The minimum absolute atomic E-state index is 0.427. The molecule has 7 heteroatoms. The largest absolute Gasteiger partial charge is 0.350 e.